The zero-order valence-corrected chi connectivity index (χ0v) is 21.2. The van der Waals surface area contributed by atoms with Crippen LogP contribution in [0.25, 0.3) is 17.2 Å². The van der Waals surface area contributed by atoms with Crippen molar-refractivity contribution in [1.29, 1.82) is 0 Å². The van der Waals surface area contributed by atoms with Gasteiger partial charge in [-0.2, -0.15) is 17.5 Å². The Hall–Kier alpha value is -2.90. The van der Waals surface area contributed by atoms with Crippen LogP contribution in [-0.2, 0) is 16.2 Å². The van der Waals surface area contributed by atoms with Gasteiger partial charge in [0, 0.05) is 12.6 Å². The van der Waals surface area contributed by atoms with Crippen molar-refractivity contribution in [2.75, 3.05) is 6.54 Å². The van der Waals surface area contributed by atoms with E-state index in [-0.39, 0.29) is 21.9 Å². The molecule has 3 aromatic carbocycles. The predicted octanol–water partition coefficient (Wildman–Crippen LogP) is 7.66. The molecule has 3 aromatic rings. The highest BCUT2D eigenvalue weighted by Crippen LogP contribution is 2.39. The minimum Gasteiger partial charge on any atom is -0.207 e. The van der Waals surface area contributed by atoms with Gasteiger partial charge in [0.1, 0.15) is 0 Å². The summed E-state index contributed by atoms with van der Waals surface area (Å²) in [5, 5.41) is 0. The number of benzene rings is 3. The summed E-state index contributed by atoms with van der Waals surface area (Å²) in [5.41, 5.74) is 0.556. The lowest BCUT2D eigenvalue weighted by Crippen LogP contribution is -2.39. The first kappa shape index (κ1) is 26.2. The van der Waals surface area contributed by atoms with Crippen molar-refractivity contribution in [1.82, 2.24) is 4.31 Å². The van der Waals surface area contributed by atoms with E-state index in [4.69, 9.17) is 0 Å². The number of hydrogen-bond donors (Lipinski definition) is 0. The molecule has 0 bridgehead atoms. The van der Waals surface area contributed by atoms with Crippen molar-refractivity contribution in [3.63, 3.8) is 0 Å². The van der Waals surface area contributed by atoms with Gasteiger partial charge in [0.05, 0.1) is 10.5 Å². The number of hydrogen-bond acceptors (Lipinski definition) is 2. The van der Waals surface area contributed by atoms with E-state index in [1.165, 1.54) is 42.5 Å². The molecule has 0 amide bonds. The SMILES string of the molecule is CC1(C)CCCN(S(=O)(=O)c2ccc(-c3ccccc3C(F)(F)F)cc2)C(C=Cc2ccccc2)C1. The predicted molar refractivity (Wildman–Crippen MR) is 138 cm³/mol. The second-order valence-electron chi connectivity index (χ2n) is 9.99. The molecule has 0 radical (unpaired) electrons. The zero-order chi connectivity index (χ0) is 26.0. The summed E-state index contributed by atoms with van der Waals surface area (Å²) in [6.45, 7) is 4.69. The molecule has 1 atom stereocenters. The minimum absolute atomic E-state index is 0.0224. The van der Waals surface area contributed by atoms with E-state index in [1.807, 2.05) is 42.5 Å². The van der Waals surface area contributed by atoms with Gasteiger partial charge in [-0.3, -0.25) is 0 Å². The molecule has 4 rings (SSSR count). The first-order valence-electron chi connectivity index (χ1n) is 12.0. The standard InChI is InChI=1S/C29H30F3NO2S/c1-28(2)19-8-20-33(24(21-28)16-13-22-9-4-3-5-10-22)36(34,35)25-17-14-23(15-18-25)26-11-6-7-12-27(26)29(30,31)32/h3-7,9-18,24H,8,19-21H2,1-2H3. The lowest BCUT2D eigenvalue weighted by molar-refractivity contribution is -0.137. The molecule has 0 saturated carbocycles. The van der Waals surface area contributed by atoms with Gasteiger partial charge < -0.3 is 0 Å². The number of nitrogens with zero attached hydrogens (tertiary/aromatic N) is 1. The number of alkyl halides is 3. The molecule has 7 heteroatoms. The highest BCUT2D eigenvalue weighted by molar-refractivity contribution is 7.89. The summed E-state index contributed by atoms with van der Waals surface area (Å²) in [6.07, 6.45) is 1.71. The average molecular weight is 514 g/mol. The summed E-state index contributed by atoms with van der Waals surface area (Å²) in [7, 11) is -3.87. The normalized spacial score (nSPS) is 19.3. The molecule has 3 nitrogen and oxygen atoms in total. The van der Waals surface area contributed by atoms with E-state index in [0.717, 1.165) is 24.5 Å². The molecule has 1 aliphatic rings. The number of sulfonamides is 1. The zero-order valence-electron chi connectivity index (χ0n) is 20.4. The van der Waals surface area contributed by atoms with Crippen LogP contribution >= 0.6 is 0 Å². The third-order valence-electron chi connectivity index (χ3n) is 6.68. The summed E-state index contributed by atoms with van der Waals surface area (Å²) in [4.78, 5) is 0.0774. The highest BCUT2D eigenvalue weighted by Gasteiger charge is 2.37. The van der Waals surface area contributed by atoms with Crippen molar-refractivity contribution in [2.24, 2.45) is 5.41 Å². The maximum absolute atomic E-state index is 13.8. The first-order valence-corrected chi connectivity index (χ1v) is 13.4. The van der Waals surface area contributed by atoms with Crippen LogP contribution in [0, 0.1) is 5.41 Å². The summed E-state index contributed by atoms with van der Waals surface area (Å²) in [5.74, 6) is 0. The van der Waals surface area contributed by atoms with Crippen molar-refractivity contribution in [3.8, 4) is 11.1 Å². The fraction of sp³-hybridized carbons (Fsp3) is 0.310. The maximum atomic E-state index is 13.8. The minimum atomic E-state index is -4.50. The molecule has 190 valence electrons. The van der Waals surface area contributed by atoms with Gasteiger partial charge in [-0.25, -0.2) is 8.42 Å². The number of halogens is 3. The topological polar surface area (TPSA) is 37.4 Å². The Bertz CT molecular complexity index is 1310. The van der Waals surface area contributed by atoms with Gasteiger partial charge >= 0.3 is 6.18 Å². The van der Waals surface area contributed by atoms with Gasteiger partial charge in [0.25, 0.3) is 0 Å². The molecular formula is C29H30F3NO2S. The van der Waals surface area contributed by atoms with Crippen LogP contribution in [0.2, 0.25) is 0 Å². The second-order valence-corrected chi connectivity index (χ2v) is 11.9. The molecule has 1 aliphatic heterocycles. The molecular weight excluding hydrogens is 483 g/mol. The van der Waals surface area contributed by atoms with Crippen LogP contribution in [0.4, 0.5) is 13.2 Å². The Morgan fingerprint density at radius 1 is 0.917 bits per heavy atom. The smallest absolute Gasteiger partial charge is 0.207 e. The third-order valence-corrected chi connectivity index (χ3v) is 8.62. The van der Waals surface area contributed by atoms with Crippen molar-refractivity contribution in [3.05, 3.63) is 96.1 Å². The van der Waals surface area contributed by atoms with E-state index in [2.05, 4.69) is 13.8 Å². The molecule has 1 heterocycles. The number of rotatable bonds is 5. The Labute approximate surface area is 211 Å². The van der Waals surface area contributed by atoms with Crippen LogP contribution in [0.3, 0.4) is 0 Å². The average Bonchev–Trinajstić information content (AvgIpc) is 3.00. The van der Waals surface area contributed by atoms with E-state index >= 15 is 0 Å². The molecule has 0 aliphatic carbocycles. The fourth-order valence-corrected chi connectivity index (χ4v) is 6.44. The molecule has 1 saturated heterocycles. The van der Waals surface area contributed by atoms with Gasteiger partial charge in [-0.05, 0) is 59.6 Å². The van der Waals surface area contributed by atoms with Crippen LogP contribution in [0.5, 0.6) is 0 Å². The van der Waals surface area contributed by atoms with Crippen LogP contribution in [-0.4, -0.2) is 25.3 Å². The van der Waals surface area contributed by atoms with Gasteiger partial charge in [0.15, 0.2) is 0 Å². The Kier molecular flexibility index (Phi) is 7.43. The molecule has 36 heavy (non-hydrogen) atoms. The van der Waals surface area contributed by atoms with E-state index < -0.39 is 21.8 Å². The Morgan fingerprint density at radius 3 is 2.22 bits per heavy atom. The maximum Gasteiger partial charge on any atom is 0.417 e. The first-order chi connectivity index (χ1) is 17.0. The quantitative estimate of drug-likeness (QED) is 0.351. The lowest BCUT2D eigenvalue weighted by atomic mass is 9.83. The van der Waals surface area contributed by atoms with Crippen molar-refractivity contribution in [2.45, 2.75) is 50.2 Å². The van der Waals surface area contributed by atoms with E-state index in [9.17, 15) is 21.6 Å². The van der Waals surface area contributed by atoms with Crippen LogP contribution < -0.4 is 0 Å². The van der Waals surface area contributed by atoms with Crippen LogP contribution in [0.15, 0.2) is 89.8 Å². The van der Waals surface area contributed by atoms with Gasteiger partial charge in [-0.1, -0.05) is 86.7 Å². The summed E-state index contributed by atoms with van der Waals surface area (Å²) < 4.78 is 69.5. The van der Waals surface area contributed by atoms with E-state index in [0.29, 0.717) is 18.5 Å². The monoisotopic (exact) mass is 513 g/mol. The summed E-state index contributed by atoms with van der Waals surface area (Å²) >= 11 is 0. The Morgan fingerprint density at radius 2 is 1.56 bits per heavy atom. The lowest BCUT2D eigenvalue weighted by Gasteiger charge is -2.30. The van der Waals surface area contributed by atoms with Gasteiger partial charge in [0.2, 0.25) is 10.0 Å². The third kappa shape index (κ3) is 5.90. The summed E-state index contributed by atoms with van der Waals surface area (Å²) in [6, 6.07) is 20.4. The van der Waals surface area contributed by atoms with Crippen LogP contribution in [0.1, 0.15) is 44.2 Å². The highest BCUT2D eigenvalue weighted by atomic mass is 32.2. The van der Waals surface area contributed by atoms with Crippen molar-refractivity contribution < 1.29 is 21.6 Å². The molecule has 1 fully saturated rings. The second kappa shape index (κ2) is 10.2. The molecule has 0 N–H and O–H groups in total. The molecule has 0 spiro atoms. The largest absolute Gasteiger partial charge is 0.417 e. The molecule has 1 unspecified atom stereocenters. The van der Waals surface area contributed by atoms with Crippen molar-refractivity contribution >= 4 is 16.1 Å². The van der Waals surface area contributed by atoms with Gasteiger partial charge in [-0.15, -0.1) is 0 Å². The van der Waals surface area contributed by atoms with E-state index in [1.54, 1.807) is 4.31 Å². The fourth-order valence-electron chi connectivity index (χ4n) is 4.82. The Balaban J connectivity index is 1.67. The molecule has 0 aromatic heterocycles.